The molecule has 0 saturated carbocycles. The molecule has 3 aromatic heterocycles. The van der Waals surface area contributed by atoms with Crippen LogP contribution in [0.15, 0.2) is 63.2 Å². The third-order valence-corrected chi connectivity index (χ3v) is 6.96. The van der Waals surface area contributed by atoms with Crippen molar-refractivity contribution in [2.45, 2.75) is 4.90 Å². The molecule has 3 heterocycles. The van der Waals surface area contributed by atoms with Crippen molar-refractivity contribution in [1.82, 2.24) is 9.97 Å². The third-order valence-electron chi connectivity index (χ3n) is 4.19. The Morgan fingerprint density at radius 1 is 1.21 bits per heavy atom. The summed E-state index contributed by atoms with van der Waals surface area (Å²) in [5, 5.41) is 10.4. The molecule has 0 bridgehead atoms. The highest BCUT2D eigenvalue weighted by atomic mass is 35.5. The number of benzene rings is 1. The minimum Gasteiger partial charge on any atom is -0.472 e. The predicted octanol–water partition coefficient (Wildman–Crippen LogP) is 5.91. The first-order valence-corrected chi connectivity index (χ1v) is 11.8. The molecule has 170 valence electrons. The van der Waals surface area contributed by atoms with E-state index in [-0.39, 0.29) is 26.0 Å². The maximum absolute atomic E-state index is 14.9. The van der Waals surface area contributed by atoms with E-state index in [1.807, 2.05) is 0 Å². The van der Waals surface area contributed by atoms with Gasteiger partial charge >= 0.3 is 6.09 Å². The molecule has 14 heteroatoms. The van der Waals surface area contributed by atoms with Crippen LogP contribution in [0, 0.1) is 5.82 Å². The van der Waals surface area contributed by atoms with Crippen molar-refractivity contribution in [3.63, 3.8) is 0 Å². The van der Waals surface area contributed by atoms with Gasteiger partial charge in [0.15, 0.2) is 11.6 Å². The number of hydrogen-bond donors (Lipinski definition) is 1. The Hall–Kier alpha value is -3.19. The molecule has 0 spiro atoms. The van der Waals surface area contributed by atoms with Crippen LogP contribution in [0.5, 0.6) is 11.5 Å². The number of aromatic nitrogens is 2. The Morgan fingerprint density at radius 3 is 2.64 bits per heavy atom. The molecule has 4 rings (SSSR count). The quantitative estimate of drug-likeness (QED) is 0.305. The first kappa shape index (κ1) is 23.0. The third kappa shape index (κ3) is 4.50. The number of carbonyl (C=O) groups is 1. The molecule has 0 unspecified atom stereocenters. The highest BCUT2D eigenvalue weighted by Gasteiger charge is 2.35. The van der Waals surface area contributed by atoms with Crippen LogP contribution in [-0.2, 0) is 10.0 Å². The van der Waals surface area contributed by atoms with Gasteiger partial charge in [-0.05, 0) is 18.2 Å². The van der Waals surface area contributed by atoms with Gasteiger partial charge in [0, 0.05) is 22.6 Å². The minimum atomic E-state index is -4.89. The maximum atomic E-state index is 14.9. The van der Waals surface area contributed by atoms with Crippen molar-refractivity contribution in [2.24, 2.45) is 0 Å². The molecule has 1 aromatic carbocycles. The number of pyridine rings is 1. The molecule has 0 aliphatic carbocycles. The second-order valence-electron chi connectivity index (χ2n) is 6.23. The van der Waals surface area contributed by atoms with Crippen molar-refractivity contribution in [2.75, 3.05) is 4.31 Å². The number of thiazole rings is 1. The maximum Gasteiger partial charge on any atom is 0.427 e. The van der Waals surface area contributed by atoms with E-state index in [9.17, 15) is 22.7 Å². The molecular weight excluding hydrogens is 520 g/mol. The fourth-order valence-corrected chi connectivity index (χ4v) is 5.11. The summed E-state index contributed by atoms with van der Waals surface area (Å²) in [6, 6.07) is 4.60. The van der Waals surface area contributed by atoms with Crippen molar-refractivity contribution < 1.29 is 31.9 Å². The summed E-state index contributed by atoms with van der Waals surface area (Å²) in [5.41, 5.74) is 2.28. The number of halogens is 3. The summed E-state index contributed by atoms with van der Waals surface area (Å²) >= 11 is 13.1. The van der Waals surface area contributed by atoms with E-state index in [4.69, 9.17) is 32.4 Å². The Balaban J connectivity index is 1.74. The highest BCUT2D eigenvalue weighted by Crippen LogP contribution is 2.39. The molecule has 9 nitrogen and oxygen atoms in total. The van der Waals surface area contributed by atoms with E-state index in [1.165, 1.54) is 35.7 Å². The van der Waals surface area contributed by atoms with E-state index in [0.29, 0.717) is 11.1 Å². The van der Waals surface area contributed by atoms with Gasteiger partial charge in [0.1, 0.15) is 21.6 Å². The Morgan fingerprint density at radius 2 is 2.00 bits per heavy atom. The van der Waals surface area contributed by atoms with Gasteiger partial charge in [-0.1, -0.05) is 23.2 Å². The van der Waals surface area contributed by atoms with Crippen LogP contribution in [0.25, 0.3) is 11.1 Å². The fourth-order valence-electron chi connectivity index (χ4n) is 2.78. The molecular formula is C19H10Cl2FN3O6S2. The topological polar surface area (TPSA) is 123 Å². The van der Waals surface area contributed by atoms with Gasteiger partial charge < -0.3 is 14.3 Å². The number of nitrogens with zero attached hydrogens (tertiary/aromatic N) is 3. The molecule has 0 saturated heterocycles. The van der Waals surface area contributed by atoms with Gasteiger partial charge in [-0.15, -0.1) is 15.6 Å². The molecule has 0 atom stereocenters. The fraction of sp³-hybridized carbons (Fsp3) is 0. The summed E-state index contributed by atoms with van der Waals surface area (Å²) in [7, 11) is -4.89. The molecule has 4 aromatic rings. The zero-order chi connectivity index (χ0) is 23.8. The summed E-state index contributed by atoms with van der Waals surface area (Å²) in [6.07, 6.45) is 2.26. The number of furan rings is 1. The molecule has 0 fully saturated rings. The van der Waals surface area contributed by atoms with Crippen molar-refractivity contribution in [1.29, 1.82) is 0 Å². The normalized spacial score (nSPS) is 11.4. The largest absolute Gasteiger partial charge is 0.472 e. The summed E-state index contributed by atoms with van der Waals surface area (Å²) in [6.45, 7) is 0. The SMILES string of the molecule is O=C(O)N(c1cscn1)S(=O)(=O)c1cc(Cl)c(Oc2cnc(Cl)cc2-c2ccoc2)cc1F. The van der Waals surface area contributed by atoms with E-state index >= 15 is 0 Å². The number of hydrogen-bond acceptors (Lipinski definition) is 8. The van der Waals surface area contributed by atoms with Gasteiger partial charge in [0.25, 0.3) is 10.0 Å². The molecule has 33 heavy (non-hydrogen) atoms. The first-order valence-electron chi connectivity index (χ1n) is 8.70. The lowest BCUT2D eigenvalue weighted by molar-refractivity contribution is 0.206. The van der Waals surface area contributed by atoms with Gasteiger partial charge in [-0.3, -0.25) is 0 Å². The first-order chi connectivity index (χ1) is 15.7. The lowest BCUT2D eigenvalue weighted by atomic mass is 10.1. The lowest BCUT2D eigenvalue weighted by Crippen LogP contribution is -2.36. The van der Waals surface area contributed by atoms with Crippen molar-refractivity contribution in [3.05, 3.63) is 69.9 Å². The zero-order valence-electron chi connectivity index (χ0n) is 16.0. The van der Waals surface area contributed by atoms with Gasteiger partial charge in [0.2, 0.25) is 0 Å². The molecule has 0 aliphatic rings. The Bertz CT molecular complexity index is 1430. The standard InChI is InChI=1S/C19H10Cl2FN3O6S2/c20-12-4-16(33(28,29)25(19(26)27)18-8-32-9-24-18)13(22)5-14(12)31-15-6-23-17(21)3-11(15)10-1-2-30-7-10/h1-9H,(H,26,27). The monoisotopic (exact) mass is 529 g/mol. The summed E-state index contributed by atoms with van der Waals surface area (Å²) in [4.78, 5) is 18.2. The number of anilines is 1. The number of carboxylic acid groups (broad SMARTS) is 1. The van der Waals surface area contributed by atoms with E-state index in [0.717, 1.165) is 23.5 Å². The van der Waals surface area contributed by atoms with Gasteiger partial charge in [-0.2, -0.15) is 0 Å². The second kappa shape index (κ2) is 8.98. The molecule has 1 N–H and O–H groups in total. The van der Waals surface area contributed by atoms with Gasteiger partial charge in [-0.25, -0.2) is 27.6 Å². The van der Waals surface area contributed by atoms with Crippen LogP contribution >= 0.6 is 34.5 Å². The van der Waals surface area contributed by atoms with Crippen LogP contribution in [0.4, 0.5) is 15.0 Å². The smallest absolute Gasteiger partial charge is 0.427 e. The second-order valence-corrected chi connectivity index (χ2v) is 9.50. The number of amides is 1. The molecule has 1 amide bonds. The summed E-state index contributed by atoms with van der Waals surface area (Å²) in [5.74, 6) is -1.80. The van der Waals surface area contributed by atoms with Crippen LogP contribution in [0.2, 0.25) is 10.2 Å². The van der Waals surface area contributed by atoms with Crippen molar-refractivity contribution >= 4 is 56.5 Å². The molecule has 0 radical (unpaired) electrons. The van der Waals surface area contributed by atoms with Crippen LogP contribution in [0.3, 0.4) is 0 Å². The number of ether oxygens (including phenoxy) is 1. The predicted molar refractivity (Wildman–Crippen MR) is 118 cm³/mol. The Labute approximate surface area is 199 Å². The number of rotatable bonds is 6. The zero-order valence-corrected chi connectivity index (χ0v) is 19.1. The highest BCUT2D eigenvalue weighted by molar-refractivity contribution is 7.93. The average molecular weight is 530 g/mol. The Kier molecular flexibility index (Phi) is 6.26. The summed E-state index contributed by atoms with van der Waals surface area (Å²) < 4.78 is 51.4. The van der Waals surface area contributed by atoms with Crippen LogP contribution < -0.4 is 9.04 Å². The van der Waals surface area contributed by atoms with E-state index in [1.54, 1.807) is 6.07 Å². The van der Waals surface area contributed by atoms with Crippen molar-refractivity contribution in [3.8, 4) is 22.6 Å². The minimum absolute atomic E-state index is 0.0428. The van der Waals surface area contributed by atoms with E-state index < -0.39 is 32.6 Å². The molecule has 0 aliphatic heterocycles. The van der Waals surface area contributed by atoms with Gasteiger partial charge in [0.05, 0.1) is 29.3 Å². The number of sulfonamides is 1. The van der Waals surface area contributed by atoms with E-state index in [2.05, 4.69) is 9.97 Å². The lowest BCUT2D eigenvalue weighted by Gasteiger charge is -2.18. The average Bonchev–Trinajstić information content (AvgIpc) is 3.45. The van der Waals surface area contributed by atoms with Crippen LogP contribution in [-0.4, -0.2) is 29.6 Å². The van der Waals surface area contributed by atoms with Crippen LogP contribution in [0.1, 0.15) is 0 Å².